The van der Waals surface area contributed by atoms with E-state index in [1.54, 1.807) is 6.07 Å². The number of hydrogen-bond donors (Lipinski definition) is 1. The molecule has 0 saturated carbocycles. The van der Waals surface area contributed by atoms with Gasteiger partial charge in [-0.2, -0.15) is 15.0 Å². The third-order valence-corrected chi connectivity index (χ3v) is 4.81. The molecule has 0 radical (unpaired) electrons. The molecule has 0 spiro atoms. The number of rotatable bonds is 2. The molecule has 2 aliphatic heterocycles. The van der Waals surface area contributed by atoms with Crippen LogP contribution in [0.3, 0.4) is 0 Å². The average Bonchev–Trinajstić information content (AvgIpc) is 3.24. The second kappa shape index (κ2) is 5.73. The fourth-order valence-electron chi connectivity index (χ4n) is 3.58. The number of likely N-dealkylation sites (tertiary alicyclic amines) is 1. The number of aromatic nitrogens is 3. The molecular formula is C16H18FN5O. The van der Waals surface area contributed by atoms with Crippen LogP contribution in [0.25, 0.3) is 5.69 Å². The number of hydrogen-bond acceptors (Lipinski definition) is 4. The number of benzene rings is 1. The monoisotopic (exact) mass is 315 g/mol. The largest absolute Gasteiger partial charge is 0.338 e. The Labute approximate surface area is 133 Å². The van der Waals surface area contributed by atoms with Gasteiger partial charge in [-0.05, 0) is 49.5 Å². The summed E-state index contributed by atoms with van der Waals surface area (Å²) < 4.78 is 13.7. The molecule has 23 heavy (non-hydrogen) atoms. The van der Waals surface area contributed by atoms with Gasteiger partial charge in [0.1, 0.15) is 5.82 Å². The van der Waals surface area contributed by atoms with Crippen molar-refractivity contribution in [3.05, 3.63) is 42.0 Å². The first kappa shape index (κ1) is 14.3. The van der Waals surface area contributed by atoms with Crippen LogP contribution in [0, 0.1) is 17.7 Å². The van der Waals surface area contributed by atoms with E-state index < -0.39 is 5.82 Å². The lowest BCUT2D eigenvalue weighted by Crippen LogP contribution is -2.43. The molecule has 2 atom stereocenters. The van der Waals surface area contributed by atoms with E-state index in [4.69, 9.17) is 0 Å². The number of carbonyl (C=O) groups is 1. The standard InChI is InChI=1S/C16H18FN5O/c17-13-1-2-15(22-19-4-5-20-22)14(7-13)16(23)21-6-3-11-8-18-9-12(11)10-21/h1-2,4-5,7,11-12,18H,3,6,8-10H2/t11-,12-/m1/s1. The molecular weight excluding hydrogens is 297 g/mol. The van der Waals surface area contributed by atoms with Gasteiger partial charge < -0.3 is 10.2 Å². The van der Waals surface area contributed by atoms with E-state index in [1.165, 1.54) is 29.3 Å². The molecule has 1 aromatic heterocycles. The van der Waals surface area contributed by atoms with Crippen molar-refractivity contribution in [1.82, 2.24) is 25.2 Å². The summed E-state index contributed by atoms with van der Waals surface area (Å²) >= 11 is 0. The van der Waals surface area contributed by atoms with Crippen molar-refractivity contribution < 1.29 is 9.18 Å². The molecule has 1 amide bonds. The SMILES string of the molecule is O=C(c1cc(F)ccc1-n1nccn1)N1CC[C@@H]2CNC[C@@H]2C1. The first-order chi connectivity index (χ1) is 11.2. The predicted molar refractivity (Wildman–Crippen MR) is 81.7 cm³/mol. The van der Waals surface area contributed by atoms with Gasteiger partial charge in [0.05, 0.1) is 23.6 Å². The van der Waals surface area contributed by atoms with Gasteiger partial charge in [-0.25, -0.2) is 4.39 Å². The van der Waals surface area contributed by atoms with Crippen molar-refractivity contribution in [2.24, 2.45) is 11.8 Å². The van der Waals surface area contributed by atoms with Gasteiger partial charge in [0.25, 0.3) is 5.91 Å². The van der Waals surface area contributed by atoms with Crippen LogP contribution in [0.4, 0.5) is 4.39 Å². The Hall–Kier alpha value is -2.28. The van der Waals surface area contributed by atoms with Crippen molar-refractivity contribution in [3.8, 4) is 5.69 Å². The number of amides is 1. The van der Waals surface area contributed by atoms with Gasteiger partial charge in [0, 0.05) is 13.1 Å². The zero-order valence-corrected chi connectivity index (χ0v) is 12.7. The van der Waals surface area contributed by atoms with Crippen LogP contribution in [0.5, 0.6) is 0 Å². The smallest absolute Gasteiger partial charge is 0.256 e. The third-order valence-electron chi connectivity index (χ3n) is 4.81. The molecule has 6 nitrogen and oxygen atoms in total. The lowest BCUT2D eigenvalue weighted by Gasteiger charge is -2.34. The minimum absolute atomic E-state index is 0.151. The number of piperidine rings is 1. The highest BCUT2D eigenvalue weighted by molar-refractivity contribution is 5.97. The van der Waals surface area contributed by atoms with E-state index in [-0.39, 0.29) is 5.91 Å². The quantitative estimate of drug-likeness (QED) is 0.901. The Balaban J connectivity index is 1.64. The number of nitrogens with one attached hydrogen (secondary N) is 1. The summed E-state index contributed by atoms with van der Waals surface area (Å²) in [7, 11) is 0. The maximum atomic E-state index is 13.7. The summed E-state index contributed by atoms with van der Waals surface area (Å²) in [5.41, 5.74) is 0.818. The molecule has 120 valence electrons. The molecule has 0 bridgehead atoms. The second-order valence-electron chi connectivity index (χ2n) is 6.20. The van der Waals surface area contributed by atoms with Crippen molar-refractivity contribution in [2.75, 3.05) is 26.2 Å². The molecule has 2 aliphatic rings. The van der Waals surface area contributed by atoms with Crippen molar-refractivity contribution in [1.29, 1.82) is 0 Å². The molecule has 7 heteroatoms. The molecule has 0 unspecified atom stereocenters. The minimum atomic E-state index is -0.429. The molecule has 3 heterocycles. The van der Waals surface area contributed by atoms with E-state index >= 15 is 0 Å². The van der Waals surface area contributed by atoms with Crippen LogP contribution in [-0.4, -0.2) is 52.0 Å². The highest BCUT2D eigenvalue weighted by Gasteiger charge is 2.35. The molecule has 2 aromatic rings. The van der Waals surface area contributed by atoms with Crippen LogP contribution in [0.1, 0.15) is 16.8 Å². The molecule has 1 aromatic carbocycles. The molecule has 4 rings (SSSR count). The zero-order valence-electron chi connectivity index (χ0n) is 12.7. The normalized spacial score (nSPS) is 23.8. The number of nitrogens with zero attached hydrogens (tertiary/aromatic N) is 4. The fraction of sp³-hybridized carbons (Fsp3) is 0.438. The maximum absolute atomic E-state index is 13.7. The average molecular weight is 315 g/mol. The number of halogens is 1. The molecule has 0 aliphatic carbocycles. The first-order valence-electron chi connectivity index (χ1n) is 7.88. The first-order valence-corrected chi connectivity index (χ1v) is 7.88. The van der Waals surface area contributed by atoms with Crippen LogP contribution in [0.2, 0.25) is 0 Å². The van der Waals surface area contributed by atoms with E-state index in [2.05, 4.69) is 15.5 Å². The minimum Gasteiger partial charge on any atom is -0.338 e. The van der Waals surface area contributed by atoms with E-state index in [0.29, 0.717) is 29.6 Å². The Kier molecular flexibility index (Phi) is 3.57. The summed E-state index contributed by atoms with van der Waals surface area (Å²) in [6, 6.07) is 4.15. The van der Waals surface area contributed by atoms with E-state index in [0.717, 1.165) is 26.1 Å². The van der Waals surface area contributed by atoms with Gasteiger partial charge in [-0.1, -0.05) is 0 Å². The van der Waals surface area contributed by atoms with Gasteiger partial charge in [-0.15, -0.1) is 0 Å². The predicted octanol–water partition coefficient (Wildman–Crippen LogP) is 1.09. The van der Waals surface area contributed by atoms with Crippen LogP contribution in [-0.2, 0) is 0 Å². The number of fused-ring (bicyclic) bond motifs is 1. The van der Waals surface area contributed by atoms with Gasteiger partial charge in [0.15, 0.2) is 0 Å². The molecule has 1 N–H and O–H groups in total. The molecule has 2 fully saturated rings. The third kappa shape index (κ3) is 2.61. The Morgan fingerprint density at radius 3 is 2.83 bits per heavy atom. The second-order valence-corrected chi connectivity index (χ2v) is 6.20. The highest BCUT2D eigenvalue weighted by Crippen LogP contribution is 2.28. The lowest BCUT2D eigenvalue weighted by atomic mass is 9.88. The lowest BCUT2D eigenvalue weighted by molar-refractivity contribution is 0.0641. The van der Waals surface area contributed by atoms with Gasteiger partial charge in [-0.3, -0.25) is 4.79 Å². The van der Waals surface area contributed by atoms with E-state index in [9.17, 15) is 9.18 Å². The van der Waals surface area contributed by atoms with Crippen molar-refractivity contribution >= 4 is 5.91 Å². The summed E-state index contributed by atoms with van der Waals surface area (Å²) in [6.45, 7) is 3.42. The number of carbonyl (C=O) groups excluding carboxylic acids is 1. The van der Waals surface area contributed by atoms with Gasteiger partial charge >= 0.3 is 0 Å². The van der Waals surface area contributed by atoms with Gasteiger partial charge in [0.2, 0.25) is 0 Å². The highest BCUT2D eigenvalue weighted by atomic mass is 19.1. The maximum Gasteiger partial charge on any atom is 0.256 e. The Morgan fingerprint density at radius 1 is 1.22 bits per heavy atom. The van der Waals surface area contributed by atoms with Crippen LogP contribution in [0.15, 0.2) is 30.6 Å². The van der Waals surface area contributed by atoms with Crippen LogP contribution >= 0.6 is 0 Å². The van der Waals surface area contributed by atoms with Crippen molar-refractivity contribution in [2.45, 2.75) is 6.42 Å². The Morgan fingerprint density at radius 2 is 2.00 bits per heavy atom. The zero-order chi connectivity index (χ0) is 15.8. The fourth-order valence-corrected chi connectivity index (χ4v) is 3.58. The van der Waals surface area contributed by atoms with E-state index in [1.807, 2.05) is 4.90 Å². The van der Waals surface area contributed by atoms with Crippen LogP contribution < -0.4 is 5.32 Å². The topological polar surface area (TPSA) is 63.1 Å². The summed E-state index contributed by atoms with van der Waals surface area (Å²) in [4.78, 5) is 16.1. The summed E-state index contributed by atoms with van der Waals surface area (Å²) in [5.74, 6) is 0.565. The van der Waals surface area contributed by atoms with Crippen molar-refractivity contribution in [3.63, 3.8) is 0 Å². The summed E-state index contributed by atoms with van der Waals surface area (Å²) in [5, 5.41) is 11.5. The summed E-state index contributed by atoms with van der Waals surface area (Å²) in [6.07, 6.45) is 4.06. The molecule has 2 saturated heterocycles. The Bertz CT molecular complexity index is 717.